The smallest absolute Gasteiger partial charge is 0.272 e. The summed E-state index contributed by atoms with van der Waals surface area (Å²) >= 11 is 0. The van der Waals surface area contributed by atoms with Crippen molar-refractivity contribution in [2.24, 2.45) is 7.05 Å². The molecule has 0 aliphatic heterocycles. The first-order valence-corrected chi connectivity index (χ1v) is 6.55. The maximum absolute atomic E-state index is 12.4. The lowest BCUT2D eigenvalue weighted by atomic mass is 10.2. The van der Waals surface area contributed by atoms with Gasteiger partial charge in [-0.3, -0.25) is 4.79 Å². The number of rotatable bonds is 3. The van der Waals surface area contributed by atoms with Crippen molar-refractivity contribution in [2.75, 3.05) is 12.4 Å². The van der Waals surface area contributed by atoms with Crippen molar-refractivity contribution in [1.82, 2.24) is 9.55 Å². The average molecular weight is 281 g/mol. The molecule has 106 valence electrons. The lowest BCUT2D eigenvalue weighted by Crippen LogP contribution is -2.15. The first-order chi connectivity index (χ1) is 10.2. The summed E-state index contributed by atoms with van der Waals surface area (Å²) in [6, 6.07) is 13.2. The molecule has 0 saturated heterocycles. The molecule has 0 unspecified atom stereocenters. The molecule has 3 aromatic rings. The summed E-state index contributed by atoms with van der Waals surface area (Å²) in [5.41, 5.74) is 2.26. The molecule has 0 spiro atoms. The molecule has 0 bridgehead atoms. The van der Waals surface area contributed by atoms with E-state index >= 15 is 0 Å². The number of hydrogen-bond acceptors (Lipinski definition) is 3. The highest BCUT2D eigenvalue weighted by atomic mass is 16.5. The van der Waals surface area contributed by atoms with Gasteiger partial charge in [0, 0.05) is 24.0 Å². The molecule has 2 aromatic heterocycles. The van der Waals surface area contributed by atoms with Gasteiger partial charge in [-0.25, -0.2) is 4.98 Å². The van der Waals surface area contributed by atoms with E-state index < -0.39 is 0 Å². The topological polar surface area (TPSA) is 56.1 Å². The second-order valence-corrected chi connectivity index (χ2v) is 4.69. The molecule has 1 N–H and O–H groups in total. The Morgan fingerprint density at radius 3 is 2.71 bits per heavy atom. The molecule has 0 saturated carbocycles. The molecule has 1 aromatic carbocycles. The number of nitrogens with zero attached hydrogens (tertiary/aromatic N) is 2. The minimum absolute atomic E-state index is 0.166. The number of aryl methyl sites for hydroxylation is 1. The number of fused-ring (bicyclic) bond motifs is 1. The lowest BCUT2D eigenvalue weighted by molar-refractivity contribution is 0.101. The van der Waals surface area contributed by atoms with Crippen molar-refractivity contribution in [3.8, 4) is 5.88 Å². The number of carbonyl (C=O) groups is 1. The van der Waals surface area contributed by atoms with Gasteiger partial charge in [-0.1, -0.05) is 18.2 Å². The molecule has 0 aliphatic carbocycles. The second-order valence-electron chi connectivity index (χ2n) is 4.69. The molecule has 3 rings (SSSR count). The average Bonchev–Trinajstić information content (AvgIpc) is 2.86. The Morgan fingerprint density at radius 2 is 2.05 bits per heavy atom. The molecule has 21 heavy (non-hydrogen) atoms. The summed E-state index contributed by atoms with van der Waals surface area (Å²) in [5.74, 6) is 0.346. The predicted molar refractivity (Wildman–Crippen MR) is 81.7 cm³/mol. The number of carbonyl (C=O) groups excluding carboxylic acids is 1. The Morgan fingerprint density at radius 1 is 1.24 bits per heavy atom. The van der Waals surface area contributed by atoms with Crippen molar-refractivity contribution >= 4 is 22.5 Å². The zero-order chi connectivity index (χ0) is 14.8. The molecule has 0 aliphatic rings. The van der Waals surface area contributed by atoms with Crippen molar-refractivity contribution in [3.05, 3.63) is 54.4 Å². The Kier molecular flexibility index (Phi) is 3.31. The van der Waals surface area contributed by atoms with Crippen molar-refractivity contribution in [2.45, 2.75) is 0 Å². The van der Waals surface area contributed by atoms with Crippen LogP contribution in [0.5, 0.6) is 5.88 Å². The van der Waals surface area contributed by atoms with Crippen LogP contribution in [0.1, 0.15) is 10.5 Å². The highest BCUT2D eigenvalue weighted by Crippen LogP contribution is 2.19. The molecule has 1 amide bonds. The molecule has 5 heteroatoms. The van der Waals surface area contributed by atoms with E-state index in [0.717, 1.165) is 10.9 Å². The third kappa shape index (κ3) is 2.45. The standard InChI is InChI=1S/C16H15N3O2/c1-19-13-6-4-3-5-11(13)9-14(19)16(20)18-12-7-8-15(21-2)17-10-12/h3-10H,1-2H3,(H,18,20). The van der Waals surface area contributed by atoms with Crippen molar-refractivity contribution < 1.29 is 9.53 Å². The number of anilines is 1. The van der Waals surface area contributed by atoms with Gasteiger partial charge >= 0.3 is 0 Å². The number of aromatic nitrogens is 2. The van der Waals surface area contributed by atoms with Crippen LogP contribution < -0.4 is 10.1 Å². The van der Waals surface area contributed by atoms with Crippen LogP contribution in [0.15, 0.2) is 48.7 Å². The predicted octanol–water partition coefficient (Wildman–Crippen LogP) is 2.83. The monoisotopic (exact) mass is 281 g/mol. The van der Waals surface area contributed by atoms with Gasteiger partial charge in [-0.15, -0.1) is 0 Å². The van der Waals surface area contributed by atoms with Crippen LogP contribution in [0.2, 0.25) is 0 Å². The van der Waals surface area contributed by atoms with Gasteiger partial charge in [-0.05, 0) is 18.2 Å². The van der Waals surface area contributed by atoms with E-state index in [4.69, 9.17) is 4.74 Å². The molecule has 0 fully saturated rings. The van der Waals surface area contributed by atoms with E-state index in [0.29, 0.717) is 17.3 Å². The minimum Gasteiger partial charge on any atom is -0.481 e. The Hall–Kier alpha value is -2.82. The molecular weight excluding hydrogens is 266 g/mol. The van der Waals surface area contributed by atoms with E-state index in [1.54, 1.807) is 25.4 Å². The zero-order valence-electron chi connectivity index (χ0n) is 11.8. The summed E-state index contributed by atoms with van der Waals surface area (Å²) in [7, 11) is 3.43. The third-order valence-corrected chi connectivity index (χ3v) is 3.39. The van der Waals surface area contributed by atoms with E-state index in [9.17, 15) is 4.79 Å². The van der Waals surface area contributed by atoms with Gasteiger partial charge in [0.05, 0.1) is 19.0 Å². The van der Waals surface area contributed by atoms with Crippen LogP contribution >= 0.6 is 0 Å². The summed E-state index contributed by atoms with van der Waals surface area (Å²) in [5, 5.41) is 3.87. The highest BCUT2D eigenvalue weighted by Gasteiger charge is 2.13. The summed E-state index contributed by atoms with van der Waals surface area (Å²) in [6.07, 6.45) is 1.57. The molecule has 5 nitrogen and oxygen atoms in total. The summed E-state index contributed by atoms with van der Waals surface area (Å²) in [4.78, 5) is 16.4. The van der Waals surface area contributed by atoms with Gasteiger partial charge in [-0.2, -0.15) is 0 Å². The number of pyridine rings is 1. The number of para-hydroxylation sites is 1. The molecule has 2 heterocycles. The van der Waals surface area contributed by atoms with Crippen molar-refractivity contribution in [1.29, 1.82) is 0 Å². The minimum atomic E-state index is -0.166. The Labute approximate surface area is 122 Å². The molecular formula is C16H15N3O2. The van der Waals surface area contributed by atoms with E-state index in [1.807, 2.05) is 41.9 Å². The van der Waals surface area contributed by atoms with E-state index in [-0.39, 0.29) is 5.91 Å². The number of ether oxygens (including phenoxy) is 1. The number of amides is 1. The van der Waals surface area contributed by atoms with E-state index in [1.165, 1.54) is 0 Å². The van der Waals surface area contributed by atoms with E-state index in [2.05, 4.69) is 10.3 Å². The first-order valence-electron chi connectivity index (χ1n) is 6.55. The van der Waals surface area contributed by atoms with Crippen LogP contribution in [0.3, 0.4) is 0 Å². The van der Waals surface area contributed by atoms with Gasteiger partial charge in [0.25, 0.3) is 5.91 Å². The Bertz CT molecular complexity index is 791. The van der Waals surface area contributed by atoms with Crippen LogP contribution in [0.4, 0.5) is 5.69 Å². The largest absolute Gasteiger partial charge is 0.481 e. The maximum Gasteiger partial charge on any atom is 0.272 e. The summed E-state index contributed by atoms with van der Waals surface area (Å²) in [6.45, 7) is 0. The van der Waals surface area contributed by atoms with Crippen molar-refractivity contribution in [3.63, 3.8) is 0 Å². The van der Waals surface area contributed by atoms with Gasteiger partial charge < -0.3 is 14.6 Å². The highest BCUT2D eigenvalue weighted by molar-refractivity contribution is 6.06. The molecule has 0 atom stereocenters. The zero-order valence-corrected chi connectivity index (χ0v) is 11.8. The first kappa shape index (κ1) is 13.2. The SMILES string of the molecule is COc1ccc(NC(=O)c2cc3ccccc3n2C)cn1. The van der Waals surface area contributed by atoms with Gasteiger partial charge in [0.15, 0.2) is 0 Å². The van der Waals surface area contributed by atoms with Crippen LogP contribution in [0, 0.1) is 0 Å². The third-order valence-electron chi connectivity index (χ3n) is 3.39. The number of nitrogens with one attached hydrogen (secondary N) is 1. The fourth-order valence-electron chi connectivity index (χ4n) is 2.28. The van der Waals surface area contributed by atoms with Crippen LogP contribution in [0.25, 0.3) is 10.9 Å². The fourth-order valence-corrected chi connectivity index (χ4v) is 2.28. The van der Waals surface area contributed by atoms with Crippen LogP contribution in [-0.4, -0.2) is 22.6 Å². The Balaban J connectivity index is 1.87. The number of benzene rings is 1. The quantitative estimate of drug-likeness (QED) is 0.803. The normalized spacial score (nSPS) is 10.6. The van der Waals surface area contributed by atoms with Gasteiger partial charge in [0.2, 0.25) is 5.88 Å². The van der Waals surface area contributed by atoms with Crippen LogP contribution in [-0.2, 0) is 7.05 Å². The summed E-state index contributed by atoms with van der Waals surface area (Å²) < 4.78 is 6.87. The van der Waals surface area contributed by atoms with Gasteiger partial charge in [0.1, 0.15) is 5.69 Å². The maximum atomic E-state index is 12.4. The fraction of sp³-hybridized carbons (Fsp3) is 0.125. The number of hydrogen-bond donors (Lipinski definition) is 1. The number of methoxy groups -OCH3 is 1. The second kappa shape index (κ2) is 5.28. The molecule has 0 radical (unpaired) electrons. The lowest BCUT2D eigenvalue weighted by Gasteiger charge is -2.06.